The van der Waals surface area contributed by atoms with Gasteiger partial charge in [-0.15, -0.1) is 0 Å². The van der Waals surface area contributed by atoms with Crippen LogP contribution in [-0.2, 0) is 6.54 Å². The molecule has 1 aromatic carbocycles. The van der Waals surface area contributed by atoms with Gasteiger partial charge in [0, 0.05) is 31.5 Å². The van der Waals surface area contributed by atoms with Crippen molar-refractivity contribution in [3.8, 4) is 0 Å². The topological polar surface area (TPSA) is 45.2 Å². The van der Waals surface area contributed by atoms with E-state index in [1.54, 1.807) is 36.7 Å². The number of hydrogen-bond donors (Lipinski definition) is 1. The zero-order valence-corrected chi connectivity index (χ0v) is 12.9. The average molecular weight is 313 g/mol. The molecule has 23 heavy (non-hydrogen) atoms. The van der Waals surface area contributed by atoms with Gasteiger partial charge in [0.15, 0.2) is 0 Å². The molecule has 1 unspecified atom stereocenters. The van der Waals surface area contributed by atoms with E-state index in [4.69, 9.17) is 0 Å². The fourth-order valence-electron chi connectivity index (χ4n) is 2.98. The largest absolute Gasteiger partial charge is 0.348 e. The number of rotatable bonds is 4. The van der Waals surface area contributed by atoms with Crippen LogP contribution >= 0.6 is 0 Å². The number of carbonyl (C=O) groups is 1. The number of piperidine rings is 1. The molecule has 0 aliphatic carbocycles. The molecule has 1 aromatic heterocycles. The standard InChI is InChI=1S/C18H20FN3O/c19-16-6-1-4-14(10-16)12-22-9-3-7-17(13-22)21-18(23)15-5-2-8-20-11-15/h1-2,4-6,8,10-11,17H,3,7,9,12-13H2,(H,21,23). The van der Waals surface area contributed by atoms with Crippen LogP contribution in [0, 0.1) is 5.82 Å². The van der Waals surface area contributed by atoms with Gasteiger partial charge in [-0.3, -0.25) is 14.7 Å². The van der Waals surface area contributed by atoms with Gasteiger partial charge < -0.3 is 5.32 Å². The molecule has 1 N–H and O–H groups in total. The van der Waals surface area contributed by atoms with Crippen LogP contribution in [0.2, 0.25) is 0 Å². The van der Waals surface area contributed by atoms with Crippen LogP contribution in [-0.4, -0.2) is 34.9 Å². The minimum Gasteiger partial charge on any atom is -0.348 e. The van der Waals surface area contributed by atoms with Crippen LogP contribution < -0.4 is 5.32 Å². The van der Waals surface area contributed by atoms with E-state index in [0.29, 0.717) is 12.1 Å². The highest BCUT2D eigenvalue weighted by Gasteiger charge is 2.22. The van der Waals surface area contributed by atoms with Crippen molar-refractivity contribution in [2.45, 2.75) is 25.4 Å². The molecule has 2 heterocycles. The van der Waals surface area contributed by atoms with Gasteiger partial charge in [0.25, 0.3) is 5.91 Å². The summed E-state index contributed by atoms with van der Waals surface area (Å²) in [6.45, 7) is 2.45. The highest BCUT2D eigenvalue weighted by molar-refractivity contribution is 5.94. The van der Waals surface area contributed by atoms with Crippen LogP contribution in [0.1, 0.15) is 28.8 Å². The van der Waals surface area contributed by atoms with Crippen molar-refractivity contribution < 1.29 is 9.18 Å². The zero-order chi connectivity index (χ0) is 16.1. The number of nitrogens with one attached hydrogen (secondary N) is 1. The van der Waals surface area contributed by atoms with E-state index in [-0.39, 0.29) is 17.8 Å². The predicted octanol–water partition coefficient (Wildman–Crippen LogP) is 2.62. The normalized spacial score (nSPS) is 18.6. The smallest absolute Gasteiger partial charge is 0.253 e. The zero-order valence-electron chi connectivity index (χ0n) is 12.9. The molecule has 0 bridgehead atoms. The van der Waals surface area contributed by atoms with Crippen molar-refractivity contribution in [2.75, 3.05) is 13.1 Å². The third-order valence-electron chi connectivity index (χ3n) is 4.06. The molecule has 1 saturated heterocycles. The highest BCUT2D eigenvalue weighted by atomic mass is 19.1. The molecule has 1 amide bonds. The van der Waals surface area contributed by atoms with E-state index in [1.165, 1.54) is 6.07 Å². The number of benzene rings is 1. The van der Waals surface area contributed by atoms with Crippen LogP contribution in [0.5, 0.6) is 0 Å². The predicted molar refractivity (Wildman–Crippen MR) is 86.4 cm³/mol. The first-order chi connectivity index (χ1) is 11.2. The first-order valence-electron chi connectivity index (χ1n) is 7.88. The van der Waals surface area contributed by atoms with Gasteiger partial charge in [-0.2, -0.15) is 0 Å². The number of likely N-dealkylation sites (tertiary alicyclic amines) is 1. The monoisotopic (exact) mass is 313 g/mol. The van der Waals surface area contributed by atoms with Crippen molar-refractivity contribution in [3.05, 3.63) is 65.7 Å². The van der Waals surface area contributed by atoms with Gasteiger partial charge >= 0.3 is 0 Å². The van der Waals surface area contributed by atoms with Gasteiger partial charge in [0.05, 0.1) is 5.56 Å². The van der Waals surface area contributed by atoms with Crippen molar-refractivity contribution in [3.63, 3.8) is 0 Å². The molecular formula is C18H20FN3O. The Labute approximate surface area is 135 Å². The third kappa shape index (κ3) is 4.36. The first-order valence-corrected chi connectivity index (χ1v) is 7.88. The lowest BCUT2D eigenvalue weighted by atomic mass is 10.0. The Morgan fingerprint density at radius 2 is 2.26 bits per heavy atom. The summed E-state index contributed by atoms with van der Waals surface area (Å²) in [5, 5.41) is 3.07. The molecule has 1 aliphatic rings. The van der Waals surface area contributed by atoms with Crippen molar-refractivity contribution in [1.82, 2.24) is 15.2 Å². The van der Waals surface area contributed by atoms with Crippen LogP contribution in [0.25, 0.3) is 0 Å². The fraction of sp³-hybridized carbons (Fsp3) is 0.333. The van der Waals surface area contributed by atoms with Crippen LogP contribution in [0.15, 0.2) is 48.8 Å². The number of pyridine rings is 1. The van der Waals surface area contributed by atoms with Gasteiger partial charge in [0.2, 0.25) is 0 Å². The van der Waals surface area contributed by atoms with Gasteiger partial charge in [0.1, 0.15) is 5.82 Å². The van der Waals surface area contributed by atoms with E-state index < -0.39 is 0 Å². The highest BCUT2D eigenvalue weighted by Crippen LogP contribution is 2.15. The third-order valence-corrected chi connectivity index (χ3v) is 4.06. The van der Waals surface area contributed by atoms with Gasteiger partial charge in [-0.25, -0.2) is 4.39 Å². The molecule has 2 aromatic rings. The maximum absolute atomic E-state index is 13.3. The Bertz CT molecular complexity index is 662. The minimum absolute atomic E-state index is 0.0873. The molecule has 0 spiro atoms. The summed E-state index contributed by atoms with van der Waals surface area (Å²) in [5.74, 6) is -0.295. The average Bonchev–Trinajstić information content (AvgIpc) is 2.56. The van der Waals surface area contributed by atoms with Crippen molar-refractivity contribution >= 4 is 5.91 Å². The Kier molecular flexibility index (Phi) is 4.98. The van der Waals surface area contributed by atoms with Crippen LogP contribution in [0.4, 0.5) is 4.39 Å². The number of nitrogens with zero attached hydrogens (tertiary/aromatic N) is 2. The minimum atomic E-state index is -0.207. The molecule has 4 nitrogen and oxygen atoms in total. The Hall–Kier alpha value is -2.27. The number of amides is 1. The fourth-order valence-corrected chi connectivity index (χ4v) is 2.98. The van der Waals surface area contributed by atoms with E-state index in [0.717, 1.165) is 31.5 Å². The van der Waals surface area contributed by atoms with Gasteiger partial charge in [-0.1, -0.05) is 12.1 Å². The number of carbonyl (C=O) groups excluding carboxylic acids is 1. The van der Waals surface area contributed by atoms with Gasteiger partial charge in [-0.05, 0) is 49.2 Å². The Morgan fingerprint density at radius 1 is 1.35 bits per heavy atom. The summed E-state index contributed by atoms with van der Waals surface area (Å²) >= 11 is 0. The summed E-state index contributed by atoms with van der Waals surface area (Å²) in [7, 11) is 0. The first kappa shape index (κ1) is 15.6. The number of hydrogen-bond acceptors (Lipinski definition) is 3. The second kappa shape index (κ2) is 7.33. The van der Waals surface area contributed by atoms with Crippen molar-refractivity contribution in [2.24, 2.45) is 0 Å². The maximum Gasteiger partial charge on any atom is 0.253 e. The number of halogens is 1. The maximum atomic E-state index is 13.3. The molecule has 0 radical (unpaired) electrons. The quantitative estimate of drug-likeness (QED) is 0.944. The summed E-state index contributed by atoms with van der Waals surface area (Å²) in [6.07, 6.45) is 5.21. The molecule has 0 saturated carbocycles. The summed E-state index contributed by atoms with van der Waals surface area (Å²) < 4.78 is 13.3. The lowest BCUT2D eigenvalue weighted by Crippen LogP contribution is -2.47. The molecular weight excluding hydrogens is 293 g/mol. The molecule has 5 heteroatoms. The van der Waals surface area contributed by atoms with Crippen molar-refractivity contribution in [1.29, 1.82) is 0 Å². The Morgan fingerprint density at radius 3 is 3.04 bits per heavy atom. The molecule has 1 aliphatic heterocycles. The summed E-state index contributed by atoms with van der Waals surface area (Å²) in [5.41, 5.74) is 1.54. The molecule has 3 rings (SSSR count). The second-order valence-corrected chi connectivity index (χ2v) is 5.92. The lowest BCUT2D eigenvalue weighted by molar-refractivity contribution is 0.0900. The summed E-state index contributed by atoms with van der Waals surface area (Å²) in [6, 6.07) is 10.3. The SMILES string of the molecule is O=C(NC1CCCN(Cc2cccc(F)c2)C1)c1cccnc1. The van der Waals surface area contributed by atoms with E-state index in [2.05, 4.69) is 15.2 Å². The Balaban J connectivity index is 1.57. The van der Waals surface area contributed by atoms with Crippen LogP contribution in [0.3, 0.4) is 0 Å². The molecule has 120 valence electrons. The summed E-state index contributed by atoms with van der Waals surface area (Å²) in [4.78, 5) is 18.4. The van der Waals surface area contributed by atoms with E-state index >= 15 is 0 Å². The molecule has 1 fully saturated rings. The molecule has 1 atom stereocenters. The van der Waals surface area contributed by atoms with E-state index in [9.17, 15) is 9.18 Å². The lowest BCUT2D eigenvalue weighted by Gasteiger charge is -2.33. The second-order valence-electron chi connectivity index (χ2n) is 5.92. The number of aromatic nitrogens is 1. The van der Waals surface area contributed by atoms with E-state index in [1.807, 2.05) is 6.07 Å².